The molecule has 180 valence electrons. The molecule has 3 aromatic carbocycles. The van der Waals surface area contributed by atoms with Gasteiger partial charge in [0.1, 0.15) is 0 Å². The summed E-state index contributed by atoms with van der Waals surface area (Å²) in [6.07, 6.45) is 0.601. The van der Waals surface area contributed by atoms with Gasteiger partial charge in [0.15, 0.2) is 11.0 Å². The lowest BCUT2D eigenvalue weighted by molar-refractivity contribution is -0.118. The molecule has 0 aliphatic rings. The maximum absolute atomic E-state index is 12.5. The fraction of sp³-hybridized carbons (Fsp3) is 0.160. The standard InChI is InChI=1S/C25H20Cl4N4OS/c1-15-2-4-17(5-3-15)24-31-32-25(33(24)19-8-9-20(27)22(29)13-19)35-14-23(34)30-11-10-16-6-7-18(26)12-21(16)28/h2-9,12-13H,10-11,14H2,1H3,(H,30,34). The predicted octanol–water partition coefficient (Wildman–Crippen LogP) is 7.31. The van der Waals surface area contributed by atoms with Crippen LogP contribution in [0.1, 0.15) is 11.1 Å². The van der Waals surface area contributed by atoms with Gasteiger partial charge in [-0.15, -0.1) is 10.2 Å². The molecule has 10 heteroatoms. The molecule has 0 bridgehead atoms. The summed E-state index contributed by atoms with van der Waals surface area (Å²) in [5.41, 5.74) is 3.71. The van der Waals surface area contributed by atoms with Crippen LogP contribution in [0.5, 0.6) is 0 Å². The van der Waals surface area contributed by atoms with Crippen molar-refractivity contribution in [1.82, 2.24) is 20.1 Å². The van der Waals surface area contributed by atoms with Crippen LogP contribution in [0.3, 0.4) is 0 Å². The fourth-order valence-corrected chi connectivity index (χ4v) is 4.93. The summed E-state index contributed by atoms with van der Waals surface area (Å²) in [6.45, 7) is 2.48. The summed E-state index contributed by atoms with van der Waals surface area (Å²) in [7, 11) is 0. The molecule has 1 N–H and O–H groups in total. The maximum atomic E-state index is 12.5. The largest absolute Gasteiger partial charge is 0.355 e. The van der Waals surface area contributed by atoms with Crippen LogP contribution < -0.4 is 5.32 Å². The molecule has 0 atom stereocenters. The van der Waals surface area contributed by atoms with Crippen molar-refractivity contribution in [3.05, 3.63) is 91.9 Å². The van der Waals surface area contributed by atoms with Crippen molar-refractivity contribution in [1.29, 1.82) is 0 Å². The first-order chi connectivity index (χ1) is 16.8. The summed E-state index contributed by atoms with van der Waals surface area (Å²) in [5, 5.41) is 14.3. The number of aryl methyl sites for hydroxylation is 1. The van der Waals surface area contributed by atoms with Crippen LogP contribution in [0.15, 0.2) is 65.8 Å². The van der Waals surface area contributed by atoms with Crippen LogP contribution in [-0.2, 0) is 11.2 Å². The van der Waals surface area contributed by atoms with Gasteiger partial charge >= 0.3 is 0 Å². The molecule has 0 spiro atoms. The Hall–Kier alpha value is -2.22. The minimum Gasteiger partial charge on any atom is -0.355 e. The Morgan fingerprint density at radius 3 is 2.40 bits per heavy atom. The van der Waals surface area contributed by atoms with E-state index in [2.05, 4.69) is 15.5 Å². The number of nitrogens with one attached hydrogen (secondary N) is 1. The minimum absolute atomic E-state index is 0.124. The molecular weight excluding hydrogens is 546 g/mol. The van der Waals surface area contributed by atoms with E-state index in [1.807, 2.05) is 47.9 Å². The molecule has 35 heavy (non-hydrogen) atoms. The molecular formula is C25H20Cl4N4OS. The average molecular weight is 566 g/mol. The zero-order valence-electron chi connectivity index (χ0n) is 18.6. The Labute approximate surface area is 227 Å². The fourth-order valence-electron chi connectivity index (χ4n) is 3.35. The second-order valence-corrected chi connectivity index (χ2v) is 10.3. The summed E-state index contributed by atoms with van der Waals surface area (Å²) in [5.74, 6) is 0.686. The smallest absolute Gasteiger partial charge is 0.230 e. The summed E-state index contributed by atoms with van der Waals surface area (Å²) in [6, 6.07) is 18.6. The highest BCUT2D eigenvalue weighted by Gasteiger charge is 2.18. The van der Waals surface area contributed by atoms with Crippen molar-refractivity contribution in [2.75, 3.05) is 12.3 Å². The van der Waals surface area contributed by atoms with Crippen LogP contribution in [0.2, 0.25) is 20.1 Å². The number of rotatable bonds is 8. The number of benzene rings is 3. The third-order valence-corrected chi connectivity index (χ3v) is 7.42. The Morgan fingerprint density at radius 2 is 1.69 bits per heavy atom. The summed E-state index contributed by atoms with van der Waals surface area (Å²) >= 11 is 25.8. The van der Waals surface area contributed by atoms with Crippen LogP contribution in [0, 0.1) is 6.92 Å². The van der Waals surface area contributed by atoms with E-state index in [-0.39, 0.29) is 11.7 Å². The van der Waals surface area contributed by atoms with Crippen LogP contribution in [0.25, 0.3) is 17.1 Å². The van der Waals surface area contributed by atoms with E-state index >= 15 is 0 Å². The van der Waals surface area contributed by atoms with Crippen molar-refractivity contribution in [3.63, 3.8) is 0 Å². The first-order valence-corrected chi connectivity index (χ1v) is 13.1. The maximum Gasteiger partial charge on any atom is 0.230 e. The van der Waals surface area contributed by atoms with E-state index < -0.39 is 0 Å². The van der Waals surface area contributed by atoms with E-state index in [0.717, 1.165) is 22.4 Å². The summed E-state index contributed by atoms with van der Waals surface area (Å²) < 4.78 is 1.87. The average Bonchev–Trinajstić information content (AvgIpc) is 3.25. The van der Waals surface area contributed by atoms with Gasteiger partial charge in [0.25, 0.3) is 0 Å². The Bertz CT molecular complexity index is 1360. The highest BCUT2D eigenvalue weighted by Crippen LogP contribution is 2.31. The zero-order valence-corrected chi connectivity index (χ0v) is 22.4. The Kier molecular flexibility index (Phi) is 8.63. The molecule has 5 nitrogen and oxygen atoms in total. The van der Waals surface area contributed by atoms with Crippen LogP contribution in [0.4, 0.5) is 0 Å². The monoisotopic (exact) mass is 564 g/mol. The number of carbonyl (C=O) groups is 1. The van der Waals surface area contributed by atoms with Gasteiger partial charge < -0.3 is 5.32 Å². The van der Waals surface area contributed by atoms with E-state index in [4.69, 9.17) is 46.4 Å². The number of amides is 1. The van der Waals surface area contributed by atoms with Gasteiger partial charge in [0, 0.05) is 22.2 Å². The van der Waals surface area contributed by atoms with Crippen LogP contribution >= 0.6 is 58.2 Å². The van der Waals surface area contributed by atoms with Gasteiger partial charge in [-0.25, -0.2) is 0 Å². The van der Waals surface area contributed by atoms with Crippen molar-refractivity contribution < 1.29 is 4.79 Å². The molecule has 0 aliphatic carbocycles. The lowest BCUT2D eigenvalue weighted by Gasteiger charge is -2.12. The van der Waals surface area contributed by atoms with Crippen molar-refractivity contribution in [2.24, 2.45) is 0 Å². The number of halogens is 4. The normalized spacial score (nSPS) is 11.0. The summed E-state index contributed by atoms with van der Waals surface area (Å²) in [4.78, 5) is 12.5. The quantitative estimate of drug-likeness (QED) is 0.228. The lowest BCUT2D eigenvalue weighted by atomic mass is 10.1. The highest BCUT2D eigenvalue weighted by molar-refractivity contribution is 7.99. The molecule has 0 radical (unpaired) electrons. The first-order valence-electron chi connectivity index (χ1n) is 10.6. The van der Waals surface area contributed by atoms with Crippen LogP contribution in [-0.4, -0.2) is 33.0 Å². The Morgan fingerprint density at radius 1 is 0.914 bits per heavy atom. The van der Waals surface area contributed by atoms with Crippen molar-refractivity contribution in [2.45, 2.75) is 18.5 Å². The van der Waals surface area contributed by atoms with Gasteiger partial charge in [-0.05, 0) is 49.2 Å². The third kappa shape index (κ3) is 6.51. The van der Waals surface area contributed by atoms with Crippen molar-refractivity contribution >= 4 is 64.1 Å². The van der Waals surface area contributed by atoms with Gasteiger partial charge in [-0.3, -0.25) is 9.36 Å². The number of thioether (sulfide) groups is 1. The van der Waals surface area contributed by atoms with Crippen molar-refractivity contribution in [3.8, 4) is 17.1 Å². The molecule has 4 aromatic rings. The molecule has 0 fully saturated rings. The van der Waals surface area contributed by atoms with Gasteiger partial charge in [0.05, 0.1) is 21.5 Å². The van der Waals surface area contributed by atoms with Gasteiger partial charge in [-0.1, -0.05) is 94.1 Å². The highest BCUT2D eigenvalue weighted by atomic mass is 35.5. The predicted molar refractivity (Wildman–Crippen MR) is 145 cm³/mol. The number of aromatic nitrogens is 3. The number of hydrogen-bond donors (Lipinski definition) is 1. The molecule has 1 heterocycles. The van der Waals surface area contributed by atoms with E-state index in [0.29, 0.717) is 44.0 Å². The number of nitrogens with zero attached hydrogens (tertiary/aromatic N) is 3. The second kappa shape index (κ2) is 11.7. The molecule has 0 saturated heterocycles. The van der Waals surface area contributed by atoms with E-state index in [9.17, 15) is 4.79 Å². The molecule has 0 unspecified atom stereocenters. The third-order valence-electron chi connectivity index (χ3n) is 5.17. The first kappa shape index (κ1) is 25.9. The molecule has 4 rings (SSSR count). The topological polar surface area (TPSA) is 59.8 Å². The van der Waals surface area contributed by atoms with E-state index in [1.54, 1.807) is 24.3 Å². The van der Waals surface area contributed by atoms with E-state index in [1.165, 1.54) is 11.8 Å². The number of hydrogen-bond acceptors (Lipinski definition) is 4. The lowest BCUT2D eigenvalue weighted by Crippen LogP contribution is -2.27. The SMILES string of the molecule is Cc1ccc(-c2nnc(SCC(=O)NCCc3ccc(Cl)cc3Cl)n2-c2ccc(Cl)c(Cl)c2)cc1. The minimum atomic E-state index is -0.124. The zero-order chi connectivity index (χ0) is 24.9. The number of carbonyl (C=O) groups excluding carboxylic acids is 1. The molecule has 1 amide bonds. The van der Waals surface area contributed by atoms with Gasteiger partial charge in [-0.2, -0.15) is 0 Å². The Balaban J connectivity index is 1.49. The molecule has 0 aliphatic heterocycles. The second-order valence-electron chi connectivity index (χ2n) is 7.73. The molecule has 0 saturated carbocycles. The van der Waals surface area contributed by atoms with Gasteiger partial charge in [0.2, 0.25) is 5.91 Å². The molecule has 1 aromatic heterocycles.